The van der Waals surface area contributed by atoms with Gasteiger partial charge in [0.2, 0.25) is 0 Å². The van der Waals surface area contributed by atoms with Crippen molar-refractivity contribution in [2.24, 2.45) is 0 Å². The fourth-order valence-electron chi connectivity index (χ4n) is 3.18. The summed E-state index contributed by atoms with van der Waals surface area (Å²) < 4.78 is 11.4. The molecule has 2 atom stereocenters. The topological polar surface area (TPSA) is 42.0 Å². The second-order valence-corrected chi connectivity index (χ2v) is 6.90. The molecular formula is C17H25BrN2O3. The lowest BCUT2D eigenvalue weighted by Gasteiger charge is -2.44. The smallest absolute Gasteiger partial charge is 0.257 e. The molecule has 0 bridgehead atoms. The first kappa shape index (κ1) is 18.2. The number of hydrogen-bond donors (Lipinski definition) is 0. The first-order valence-corrected chi connectivity index (χ1v) is 8.64. The summed E-state index contributed by atoms with van der Waals surface area (Å²) in [5.41, 5.74) is 0.603. The molecule has 1 aliphatic rings. The highest BCUT2D eigenvalue weighted by Crippen LogP contribution is 2.26. The molecule has 5 nitrogen and oxygen atoms in total. The Bertz CT molecular complexity index is 541. The molecule has 1 fully saturated rings. The number of benzene rings is 1. The summed E-state index contributed by atoms with van der Waals surface area (Å²) in [5.74, 6) is 0.633. The van der Waals surface area contributed by atoms with Gasteiger partial charge in [-0.05, 0) is 32.0 Å². The Morgan fingerprint density at radius 3 is 2.48 bits per heavy atom. The van der Waals surface area contributed by atoms with Crippen LogP contribution in [0.1, 0.15) is 24.2 Å². The third-order valence-corrected chi connectivity index (χ3v) is 4.83. The van der Waals surface area contributed by atoms with Gasteiger partial charge in [0.15, 0.2) is 0 Å². The zero-order valence-electron chi connectivity index (χ0n) is 14.2. The molecule has 1 saturated heterocycles. The van der Waals surface area contributed by atoms with E-state index in [0.29, 0.717) is 43.1 Å². The molecule has 0 aliphatic carbocycles. The van der Waals surface area contributed by atoms with Gasteiger partial charge in [-0.25, -0.2) is 0 Å². The molecule has 23 heavy (non-hydrogen) atoms. The summed E-state index contributed by atoms with van der Waals surface area (Å²) in [6, 6.07) is 6.13. The van der Waals surface area contributed by atoms with E-state index in [9.17, 15) is 4.79 Å². The summed E-state index contributed by atoms with van der Waals surface area (Å²) in [6.07, 6.45) is 0. The summed E-state index contributed by atoms with van der Waals surface area (Å²) in [5, 5.41) is 0. The van der Waals surface area contributed by atoms with Crippen LogP contribution in [0.4, 0.5) is 0 Å². The predicted molar refractivity (Wildman–Crippen MR) is 94.1 cm³/mol. The molecule has 0 radical (unpaired) electrons. The third kappa shape index (κ3) is 4.25. The van der Waals surface area contributed by atoms with Gasteiger partial charge in [-0.15, -0.1) is 0 Å². The van der Waals surface area contributed by atoms with E-state index in [0.717, 1.165) is 11.0 Å². The molecule has 1 aliphatic heterocycles. The second-order valence-electron chi connectivity index (χ2n) is 5.98. The zero-order valence-corrected chi connectivity index (χ0v) is 15.8. The molecule has 2 unspecified atom stereocenters. The van der Waals surface area contributed by atoms with Crippen molar-refractivity contribution in [3.05, 3.63) is 28.2 Å². The summed E-state index contributed by atoms with van der Waals surface area (Å²) in [6.45, 7) is 7.34. The van der Waals surface area contributed by atoms with Crippen LogP contribution in [0.15, 0.2) is 22.7 Å². The first-order valence-electron chi connectivity index (χ1n) is 7.85. The van der Waals surface area contributed by atoms with Crippen molar-refractivity contribution in [3.63, 3.8) is 0 Å². The number of halogens is 1. The maximum atomic E-state index is 12.9. The number of carbonyl (C=O) groups excluding carboxylic acids is 1. The normalized spacial score (nSPS) is 22.2. The van der Waals surface area contributed by atoms with Crippen LogP contribution >= 0.6 is 15.9 Å². The fourth-order valence-corrected chi connectivity index (χ4v) is 3.54. The predicted octanol–water partition coefficient (Wildman–Crippen LogP) is 2.64. The van der Waals surface area contributed by atoms with E-state index in [4.69, 9.17) is 9.47 Å². The van der Waals surface area contributed by atoms with Crippen LogP contribution in [0.5, 0.6) is 5.75 Å². The van der Waals surface area contributed by atoms with Gasteiger partial charge in [-0.2, -0.15) is 0 Å². The minimum atomic E-state index is 0.0215. The molecule has 1 amide bonds. The number of amides is 1. The number of hydrogen-bond acceptors (Lipinski definition) is 4. The van der Waals surface area contributed by atoms with Crippen molar-refractivity contribution >= 4 is 21.8 Å². The van der Waals surface area contributed by atoms with Crippen LogP contribution in [-0.2, 0) is 4.74 Å². The molecule has 6 heteroatoms. The molecule has 1 heterocycles. The fraction of sp³-hybridized carbons (Fsp3) is 0.588. The molecular weight excluding hydrogens is 360 g/mol. The van der Waals surface area contributed by atoms with E-state index in [1.165, 1.54) is 0 Å². The van der Waals surface area contributed by atoms with E-state index in [1.807, 2.05) is 23.1 Å². The van der Waals surface area contributed by atoms with Gasteiger partial charge in [-0.3, -0.25) is 9.69 Å². The van der Waals surface area contributed by atoms with Crippen molar-refractivity contribution in [3.8, 4) is 5.75 Å². The molecule has 0 saturated carbocycles. The summed E-state index contributed by atoms with van der Waals surface area (Å²) in [7, 11) is 3.31. The Kier molecular flexibility index (Phi) is 6.44. The van der Waals surface area contributed by atoms with E-state index in [2.05, 4.69) is 34.7 Å². The van der Waals surface area contributed by atoms with Crippen LogP contribution < -0.4 is 4.74 Å². The average Bonchev–Trinajstić information content (AvgIpc) is 2.53. The van der Waals surface area contributed by atoms with Crippen LogP contribution in [0.3, 0.4) is 0 Å². The second kappa shape index (κ2) is 8.13. The van der Waals surface area contributed by atoms with Crippen molar-refractivity contribution in [2.75, 3.05) is 40.5 Å². The highest BCUT2D eigenvalue weighted by atomic mass is 79.9. The molecule has 1 aromatic rings. The first-order chi connectivity index (χ1) is 11.0. The quantitative estimate of drug-likeness (QED) is 0.782. The van der Waals surface area contributed by atoms with E-state index >= 15 is 0 Å². The number of methoxy groups -OCH3 is 2. The molecule has 128 valence electrons. The van der Waals surface area contributed by atoms with Gasteiger partial charge in [0, 0.05) is 43.3 Å². The van der Waals surface area contributed by atoms with Gasteiger partial charge in [-0.1, -0.05) is 15.9 Å². The molecule has 0 spiro atoms. The molecule has 2 rings (SSSR count). The molecule has 0 N–H and O–H groups in total. The van der Waals surface area contributed by atoms with Crippen LogP contribution in [0, 0.1) is 0 Å². The standard InChI is InChI=1S/C17H25BrN2O3/c1-12-10-19(11-13(2)20(12)7-8-22-3)17(21)15-9-14(18)5-6-16(15)23-4/h5-6,9,12-13H,7-8,10-11H2,1-4H3. The maximum Gasteiger partial charge on any atom is 0.257 e. The Hall–Kier alpha value is -1.11. The van der Waals surface area contributed by atoms with Crippen LogP contribution in [0.2, 0.25) is 0 Å². The molecule has 0 aromatic heterocycles. The van der Waals surface area contributed by atoms with Gasteiger partial charge in [0.1, 0.15) is 5.75 Å². The van der Waals surface area contributed by atoms with Crippen molar-refractivity contribution < 1.29 is 14.3 Å². The minimum absolute atomic E-state index is 0.0215. The number of nitrogens with zero attached hydrogens (tertiary/aromatic N) is 2. The Labute approximate surface area is 146 Å². The van der Waals surface area contributed by atoms with E-state index in [-0.39, 0.29) is 5.91 Å². The van der Waals surface area contributed by atoms with Gasteiger partial charge in [0.25, 0.3) is 5.91 Å². The number of rotatable bonds is 5. The van der Waals surface area contributed by atoms with E-state index < -0.39 is 0 Å². The minimum Gasteiger partial charge on any atom is -0.496 e. The maximum absolute atomic E-state index is 12.9. The van der Waals surface area contributed by atoms with Gasteiger partial charge < -0.3 is 14.4 Å². The largest absolute Gasteiger partial charge is 0.496 e. The zero-order chi connectivity index (χ0) is 17.0. The Morgan fingerprint density at radius 1 is 1.26 bits per heavy atom. The number of piperazine rings is 1. The van der Waals surface area contributed by atoms with Crippen molar-refractivity contribution in [1.29, 1.82) is 0 Å². The summed E-state index contributed by atoms with van der Waals surface area (Å²) >= 11 is 3.43. The van der Waals surface area contributed by atoms with Crippen molar-refractivity contribution in [1.82, 2.24) is 9.80 Å². The number of ether oxygens (including phenoxy) is 2. The third-order valence-electron chi connectivity index (χ3n) is 4.33. The lowest BCUT2D eigenvalue weighted by atomic mass is 10.1. The highest BCUT2D eigenvalue weighted by Gasteiger charge is 2.32. The van der Waals surface area contributed by atoms with E-state index in [1.54, 1.807) is 14.2 Å². The molecule has 1 aromatic carbocycles. The van der Waals surface area contributed by atoms with Gasteiger partial charge >= 0.3 is 0 Å². The Balaban J connectivity index is 2.14. The van der Waals surface area contributed by atoms with Crippen molar-refractivity contribution in [2.45, 2.75) is 25.9 Å². The Morgan fingerprint density at radius 2 is 1.91 bits per heavy atom. The SMILES string of the molecule is COCCN1C(C)CN(C(=O)c2cc(Br)ccc2OC)CC1C. The lowest BCUT2D eigenvalue weighted by Crippen LogP contribution is -2.58. The summed E-state index contributed by atoms with van der Waals surface area (Å²) in [4.78, 5) is 17.2. The monoisotopic (exact) mass is 384 g/mol. The van der Waals surface area contributed by atoms with Crippen LogP contribution in [-0.4, -0.2) is 68.3 Å². The lowest BCUT2D eigenvalue weighted by molar-refractivity contribution is 0.0192. The average molecular weight is 385 g/mol. The highest BCUT2D eigenvalue weighted by molar-refractivity contribution is 9.10. The van der Waals surface area contributed by atoms with Crippen LogP contribution in [0.25, 0.3) is 0 Å². The van der Waals surface area contributed by atoms with Gasteiger partial charge in [0.05, 0.1) is 19.3 Å². The number of carbonyl (C=O) groups is 1.